The zero-order chi connectivity index (χ0) is 11.6. The molecule has 94 valence electrons. The van der Waals surface area contributed by atoms with Gasteiger partial charge in [-0.25, -0.2) is 0 Å². The van der Waals surface area contributed by atoms with Crippen LogP contribution in [0.3, 0.4) is 0 Å². The molecule has 1 rings (SSSR count). The SMILES string of the molecule is NC(=NCCCOCCO)NC1CCCC1. The van der Waals surface area contributed by atoms with E-state index in [4.69, 9.17) is 15.6 Å². The number of aliphatic hydroxyl groups excluding tert-OH is 1. The van der Waals surface area contributed by atoms with Crippen molar-refractivity contribution in [3.8, 4) is 0 Å². The van der Waals surface area contributed by atoms with Gasteiger partial charge in [0.15, 0.2) is 5.96 Å². The lowest BCUT2D eigenvalue weighted by molar-refractivity contribution is 0.0918. The van der Waals surface area contributed by atoms with Gasteiger partial charge in [0.05, 0.1) is 13.2 Å². The average molecular weight is 229 g/mol. The lowest BCUT2D eigenvalue weighted by atomic mass is 10.2. The number of guanidine groups is 1. The molecule has 1 aliphatic carbocycles. The maximum Gasteiger partial charge on any atom is 0.188 e. The molecule has 0 atom stereocenters. The van der Waals surface area contributed by atoms with E-state index in [2.05, 4.69) is 10.3 Å². The first kappa shape index (κ1) is 13.3. The predicted molar refractivity (Wildman–Crippen MR) is 64.4 cm³/mol. The Kier molecular flexibility index (Phi) is 6.92. The average Bonchev–Trinajstić information content (AvgIpc) is 2.76. The highest BCUT2D eigenvalue weighted by atomic mass is 16.5. The van der Waals surface area contributed by atoms with E-state index in [9.17, 15) is 0 Å². The largest absolute Gasteiger partial charge is 0.394 e. The van der Waals surface area contributed by atoms with Gasteiger partial charge in [-0.3, -0.25) is 4.99 Å². The summed E-state index contributed by atoms with van der Waals surface area (Å²) in [5.41, 5.74) is 5.75. The molecule has 1 fully saturated rings. The van der Waals surface area contributed by atoms with Crippen molar-refractivity contribution in [3.63, 3.8) is 0 Å². The number of rotatable bonds is 7. The van der Waals surface area contributed by atoms with E-state index in [1.54, 1.807) is 0 Å². The maximum atomic E-state index is 8.49. The summed E-state index contributed by atoms with van der Waals surface area (Å²) >= 11 is 0. The molecule has 1 aliphatic rings. The highest BCUT2D eigenvalue weighted by Gasteiger charge is 2.14. The van der Waals surface area contributed by atoms with Crippen LogP contribution in [-0.4, -0.2) is 43.5 Å². The second-order valence-corrected chi connectivity index (χ2v) is 4.08. The fraction of sp³-hybridized carbons (Fsp3) is 0.909. The van der Waals surface area contributed by atoms with Gasteiger partial charge in [0.1, 0.15) is 0 Å². The third kappa shape index (κ3) is 5.92. The lowest BCUT2D eigenvalue weighted by Gasteiger charge is -2.12. The molecule has 0 aromatic heterocycles. The quantitative estimate of drug-likeness (QED) is 0.332. The molecule has 16 heavy (non-hydrogen) atoms. The Labute approximate surface area is 97.1 Å². The van der Waals surface area contributed by atoms with Gasteiger partial charge in [0.2, 0.25) is 0 Å². The van der Waals surface area contributed by atoms with E-state index >= 15 is 0 Å². The Morgan fingerprint density at radius 2 is 2.12 bits per heavy atom. The fourth-order valence-corrected chi connectivity index (χ4v) is 1.86. The number of nitrogens with one attached hydrogen (secondary N) is 1. The van der Waals surface area contributed by atoms with Crippen LogP contribution in [0.25, 0.3) is 0 Å². The van der Waals surface area contributed by atoms with E-state index in [-0.39, 0.29) is 6.61 Å². The smallest absolute Gasteiger partial charge is 0.188 e. The number of aliphatic hydroxyl groups is 1. The molecule has 1 saturated carbocycles. The van der Waals surface area contributed by atoms with Gasteiger partial charge in [0.25, 0.3) is 0 Å². The maximum absolute atomic E-state index is 8.49. The zero-order valence-corrected chi connectivity index (χ0v) is 9.82. The third-order valence-electron chi connectivity index (χ3n) is 2.67. The minimum atomic E-state index is 0.0780. The van der Waals surface area contributed by atoms with Crippen molar-refractivity contribution in [1.82, 2.24) is 5.32 Å². The van der Waals surface area contributed by atoms with Crippen LogP contribution in [-0.2, 0) is 4.74 Å². The van der Waals surface area contributed by atoms with Gasteiger partial charge in [0, 0.05) is 19.2 Å². The minimum Gasteiger partial charge on any atom is -0.394 e. The summed E-state index contributed by atoms with van der Waals surface area (Å²) in [6.45, 7) is 1.78. The number of hydrogen-bond acceptors (Lipinski definition) is 3. The lowest BCUT2D eigenvalue weighted by Crippen LogP contribution is -2.38. The summed E-state index contributed by atoms with van der Waals surface area (Å²) in [6, 6.07) is 0.523. The summed E-state index contributed by atoms with van der Waals surface area (Å²) in [5, 5.41) is 11.7. The van der Waals surface area contributed by atoms with Gasteiger partial charge in [-0.15, -0.1) is 0 Å². The normalized spacial score (nSPS) is 17.9. The standard InChI is InChI=1S/C11H23N3O2/c12-11(14-10-4-1-2-5-10)13-6-3-8-16-9-7-15/h10,15H,1-9H2,(H3,12,13,14). The van der Waals surface area contributed by atoms with E-state index in [1.165, 1.54) is 25.7 Å². The Balaban J connectivity index is 1.99. The van der Waals surface area contributed by atoms with Crippen LogP contribution < -0.4 is 11.1 Å². The van der Waals surface area contributed by atoms with Crippen LogP contribution in [0.15, 0.2) is 4.99 Å². The van der Waals surface area contributed by atoms with Gasteiger partial charge in [-0.2, -0.15) is 0 Å². The van der Waals surface area contributed by atoms with E-state index < -0.39 is 0 Å². The molecular formula is C11H23N3O2. The van der Waals surface area contributed by atoms with Gasteiger partial charge < -0.3 is 20.9 Å². The van der Waals surface area contributed by atoms with E-state index in [0.717, 1.165) is 6.42 Å². The first-order chi connectivity index (χ1) is 7.83. The fourth-order valence-electron chi connectivity index (χ4n) is 1.86. The molecule has 0 radical (unpaired) electrons. The summed E-state index contributed by atoms with van der Waals surface area (Å²) in [6.07, 6.45) is 5.83. The number of nitrogens with two attached hydrogens (primary N) is 1. The van der Waals surface area contributed by atoms with E-state index in [1.807, 2.05) is 0 Å². The molecule has 0 spiro atoms. The van der Waals surface area contributed by atoms with Crippen molar-refractivity contribution in [2.75, 3.05) is 26.4 Å². The van der Waals surface area contributed by atoms with Crippen LogP contribution in [0.4, 0.5) is 0 Å². The molecule has 5 nitrogen and oxygen atoms in total. The zero-order valence-electron chi connectivity index (χ0n) is 9.82. The van der Waals surface area contributed by atoms with Crippen molar-refractivity contribution in [1.29, 1.82) is 0 Å². The number of ether oxygens (including phenoxy) is 1. The number of aliphatic imine (C=N–C) groups is 1. The summed E-state index contributed by atoms with van der Waals surface area (Å²) in [5.74, 6) is 0.550. The summed E-state index contributed by atoms with van der Waals surface area (Å²) in [4.78, 5) is 4.23. The first-order valence-corrected chi connectivity index (χ1v) is 6.08. The van der Waals surface area contributed by atoms with Crippen molar-refractivity contribution >= 4 is 5.96 Å². The molecule has 0 bridgehead atoms. The molecule has 0 heterocycles. The van der Waals surface area contributed by atoms with Crippen LogP contribution in [0, 0.1) is 0 Å². The second-order valence-electron chi connectivity index (χ2n) is 4.08. The van der Waals surface area contributed by atoms with Crippen LogP contribution in [0.2, 0.25) is 0 Å². The van der Waals surface area contributed by atoms with Crippen LogP contribution in [0.1, 0.15) is 32.1 Å². The molecule has 0 aromatic carbocycles. The molecule has 0 saturated heterocycles. The third-order valence-corrected chi connectivity index (χ3v) is 2.67. The van der Waals surface area contributed by atoms with E-state index in [0.29, 0.717) is 31.8 Å². The highest BCUT2D eigenvalue weighted by Crippen LogP contribution is 2.17. The molecule has 0 aliphatic heterocycles. The monoisotopic (exact) mass is 229 g/mol. The van der Waals surface area contributed by atoms with Crippen molar-refractivity contribution in [2.45, 2.75) is 38.1 Å². The number of hydrogen-bond donors (Lipinski definition) is 3. The summed E-state index contributed by atoms with van der Waals surface area (Å²) < 4.78 is 5.12. The van der Waals surface area contributed by atoms with Gasteiger partial charge in [-0.1, -0.05) is 12.8 Å². The van der Waals surface area contributed by atoms with Crippen LogP contribution in [0.5, 0.6) is 0 Å². The Bertz CT molecular complexity index is 203. The second kappa shape index (κ2) is 8.35. The predicted octanol–water partition coefficient (Wildman–Crippen LogP) is 0.232. The molecule has 4 N–H and O–H groups in total. The van der Waals surface area contributed by atoms with Crippen molar-refractivity contribution in [2.24, 2.45) is 10.7 Å². The minimum absolute atomic E-state index is 0.0780. The summed E-state index contributed by atoms with van der Waals surface area (Å²) in [7, 11) is 0. The van der Waals surface area contributed by atoms with Gasteiger partial charge >= 0.3 is 0 Å². The van der Waals surface area contributed by atoms with Crippen molar-refractivity contribution in [3.05, 3.63) is 0 Å². The molecule has 5 heteroatoms. The topological polar surface area (TPSA) is 79.9 Å². The van der Waals surface area contributed by atoms with Gasteiger partial charge in [-0.05, 0) is 19.3 Å². The van der Waals surface area contributed by atoms with Crippen molar-refractivity contribution < 1.29 is 9.84 Å². The first-order valence-electron chi connectivity index (χ1n) is 6.08. The Hall–Kier alpha value is -0.810. The molecule has 0 aromatic rings. The number of nitrogens with zero attached hydrogens (tertiary/aromatic N) is 1. The Morgan fingerprint density at radius 1 is 1.38 bits per heavy atom. The van der Waals surface area contributed by atoms with Crippen LogP contribution >= 0.6 is 0 Å². The molecule has 0 amide bonds. The highest BCUT2D eigenvalue weighted by molar-refractivity contribution is 5.78. The Morgan fingerprint density at radius 3 is 2.81 bits per heavy atom. The molecular weight excluding hydrogens is 206 g/mol. The molecule has 0 unspecified atom stereocenters.